The average molecular weight is 291 g/mol. The lowest BCUT2D eigenvalue weighted by atomic mass is 9.93. The molecular formula is C16H25N3O2. The van der Waals surface area contributed by atoms with Crippen LogP contribution >= 0.6 is 0 Å². The van der Waals surface area contributed by atoms with E-state index in [-0.39, 0.29) is 17.6 Å². The molecule has 116 valence electrons. The molecule has 0 aromatic heterocycles. The number of anilines is 2. The van der Waals surface area contributed by atoms with E-state index in [1.165, 1.54) is 0 Å². The summed E-state index contributed by atoms with van der Waals surface area (Å²) < 4.78 is 5.67. The molecule has 1 atom stereocenters. The first-order valence-electron chi connectivity index (χ1n) is 7.30. The van der Waals surface area contributed by atoms with Crippen molar-refractivity contribution in [3.63, 3.8) is 0 Å². The van der Waals surface area contributed by atoms with E-state index in [4.69, 9.17) is 10.5 Å². The molecule has 21 heavy (non-hydrogen) atoms. The van der Waals surface area contributed by atoms with Gasteiger partial charge in [0.25, 0.3) is 5.91 Å². The molecule has 0 bridgehead atoms. The molecule has 0 aliphatic carbocycles. The Labute approximate surface area is 126 Å². The molecule has 0 radical (unpaired) electrons. The van der Waals surface area contributed by atoms with Gasteiger partial charge in [-0.05, 0) is 44.9 Å². The zero-order chi connectivity index (χ0) is 15.6. The maximum atomic E-state index is 12.3. The first-order valence-corrected chi connectivity index (χ1v) is 7.30. The molecule has 1 fully saturated rings. The lowest BCUT2D eigenvalue weighted by molar-refractivity contribution is -0.0615. The number of amides is 1. The van der Waals surface area contributed by atoms with Crippen LogP contribution in [0.4, 0.5) is 11.4 Å². The van der Waals surface area contributed by atoms with Gasteiger partial charge < -0.3 is 20.7 Å². The van der Waals surface area contributed by atoms with Crippen molar-refractivity contribution in [1.82, 2.24) is 5.32 Å². The normalized spacial score (nSPS) is 20.9. The first-order chi connectivity index (χ1) is 9.78. The van der Waals surface area contributed by atoms with Crippen LogP contribution in [0.5, 0.6) is 0 Å². The van der Waals surface area contributed by atoms with Crippen molar-refractivity contribution in [3.05, 3.63) is 23.8 Å². The van der Waals surface area contributed by atoms with Gasteiger partial charge >= 0.3 is 0 Å². The number of nitrogen functional groups attached to an aromatic ring is 1. The van der Waals surface area contributed by atoms with Crippen LogP contribution in [0.3, 0.4) is 0 Å². The molecule has 1 aliphatic heterocycles. The summed E-state index contributed by atoms with van der Waals surface area (Å²) in [6.07, 6.45) is 1.67. The highest BCUT2D eigenvalue weighted by Gasteiger charge is 2.29. The quantitative estimate of drug-likeness (QED) is 0.836. The molecule has 0 spiro atoms. The Hall–Kier alpha value is -1.75. The molecule has 1 aromatic rings. The van der Waals surface area contributed by atoms with Crippen LogP contribution < -0.4 is 16.0 Å². The fourth-order valence-electron chi connectivity index (χ4n) is 2.73. The maximum Gasteiger partial charge on any atom is 0.251 e. The van der Waals surface area contributed by atoms with Crippen molar-refractivity contribution in [2.24, 2.45) is 0 Å². The third-order valence-corrected chi connectivity index (χ3v) is 3.80. The minimum absolute atomic E-state index is 0.0743. The summed E-state index contributed by atoms with van der Waals surface area (Å²) in [5.74, 6) is -0.0743. The zero-order valence-electron chi connectivity index (χ0n) is 13.3. The van der Waals surface area contributed by atoms with Crippen LogP contribution in [0.2, 0.25) is 0 Å². The Balaban J connectivity index is 2.05. The third-order valence-electron chi connectivity index (χ3n) is 3.80. The number of rotatable bonds is 3. The number of carbonyl (C=O) groups is 1. The highest BCUT2D eigenvalue weighted by molar-refractivity contribution is 5.96. The minimum Gasteiger partial charge on any atom is -0.397 e. The molecule has 5 heteroatoms. The van der Waals surface area contributed by atoms with E-state index < -0.39 is 0 Å². The molecule has 1 aliphatic rings. The average Bonchev–Trinajstić information content (AvgIpc) is 2.36. The summed E-state index contributed by atoms with van der Waals surface area (Å²) in [6.45, 7) is 4.78. The van der Waals surface area contributed by atoms with Gasteiger partial charge in [-0.25, -0.2) is 0 Å². The van der Waals surface area contributed by atoms with Gasteiger partial charge in [0.15, 0.2) is 0 Å². The third kappa shape index (κ3) is 3.88. The molecule has 3 N–H and O–H groups in total. The number of hydrogen-bond acceptors (Lipinski definition) is 4. The largest absolute Gasteiger partial charge is 0.397 e. The summed E-state index contributed by atoms with van der Waals surface area (Å²) in [6, 6.07) is 5.56. The van der Waals surface area contributed by atoms with E-state index in [9.17, 15) is 4.79 Å². The van der Waals surface area contributed by atoms with E-state index in [0.717, 1.165) is 18.5 Å². The van der Waals surface area contributed by atoms with Crippen molar-refractivity contribution < 1.29 is 9.53 Å². The lowest BCUT2D eigenvalue weighted by Gasteiger charge is -2.35. The molecule has 0 saturated carbocycles. The number of benzene rings is 1. The predicted molar refractivity (Wildman–Crippen MR) is 85.7 cm³/mol. The second kappa shape index (κ2) is 5.93. The smallest absolute Gasteiger partial charge is 0.251 e. The second-order valence-electron chi connectivity index (χ2n) is 6.44. The van der Waals surface area contributed by atoms with Crippen molar-refractivity contribution in [1.29, 1.82) is 0 Å². The summed E-state index contributed by atoms with van der Waals surface area (Å²) in [5.41, 5.74) is 7.94. The number of hydrogen-bond donors (Lipinski definition) is 2. The van der Waals surface area contributed by atoms with Gasteiger partial charge in [-0.1, -0.05) is 0 Å². The molecule has 1 saturated heterocycles. The van der Waals surface area contributed by atoms with Crippen LogP contribution in [0.25, 0.3) is 0 Å². The summed E-state index contributed by atoms with van der Waals surface area (Å²) >= 11 is 0. The van der Waals surface area contributed by atoms with Gasteiger partial charge in [0.05, 0.1) is 17.0 Å². The second-order valence-corrected chi connectivity index (χ2v) is 6.44. The Morgan fingerprint density at radius 1 is 1.43 bits per heavy atom. The van der Waals surface area contributed by atoms with Crippen LogP contribution in [-0.4, -0.2) is 38.3 Å². The van der Waals surface area contributed by atoms with Crippen molar-refractivity contribution in [2.45, 2.75) is 38.3 Å². The fourth-order valence-corrected chi connectivity index (χ4v) is 2.73. The van der Waals surface area contributed by atoms with E-state index in [2.05, 4.69) is 19.2 Å². The Kier molecular flexibility index (Phi) is 4.42. The SMILES string of the molecule is CN(C)c1ccc(C(=O)NC2CCOC(C)(C)C2)cc1N. The molecular weight excluding hydrogens is 266 g/mol. The molecule has 2 rings (SSSR count). The highest BCUT2D eigenvalue weighted by Crippen LogP contribution is 2.25. The van der Waals surface area contributed by atoms with Gasteiger partial charge in [-0.2, -0.15) is 0 Å². The van der Waals surface area contributed by atoms with Crippen molar-refractivity contribution in [2.75, 3.05) is 31.3 Å². The number of nitrogens with zero attached hydrogens (tertiary/aromatic N) is 1. The van der Waals surface area contributed by atoms with Crippen LogP contribution in [0.15, 0.2) is 18.2 Å². The summed E-state index contributed by atoms with van der Waals surface area (Å²) in [5, 5.41) is 3.08. The number of nitrogens with two attached hydrogens (primary N) is 1. The molecule has 5 nitrogen and oxygen atoms in total. The number of ether oxygens (including phenoxy) is 1. The molecule has 1 aromatic carbocycles. The molecule has 1 unspecified atom stereocenters. The van der Waals surface area contributed by atoms with Gasteiger partial charge in [0.2, 0.25) is 0 Å². The fraction of sp³-hybridized carbons (Fsp3) is 0.562. The highest BCUT2D eigenvalue weighted by atomic mass is 16.5. The first kappa shape index (κ1) is 15.6. The summed E-state index contributed by atoms with van der Waals surface area (Å²) in [7, 11) is 3.85. The number of carbonyl (C=O) groups excluding carboxylic acids is 1. The monoisotopic (exact) mass is 291 g/mol. The number of nitrogens with one attached hydrogen (secondary N) is 1. The van der Waals surface area contributed by atoms with Gasteiger partial charge in [-0.3, -0.25) is 4.79 Å². The maximum absolute atomic E-state index is 12.3. The Bertz CT molecular complexity index is 526. The summed E-state index contributed by atoms with van der Waals surface area (Å²) in [4.78, 5) is 14.3. The van der Waals surface area contributed by atoms with E-state index in [0.29, 0.717) is 17.9 Å². The van der Waals surface area contributed by atoms with Crippen LogP contribution in [0, 0.1) is 0 Å². The Morgan fingerprint density at radius 2 is 2.14 bits per heavy atom. The van der Waals surface area contributed by atoms with Crippen molar-refractivity contribution >= 4 is 17.3 Å². The molecule has 1 amide bonds. The van der Waals surface area contributed by atoms with Gasteiger partial charge in [0, 0.05) is 32.3 Å². The Morgan fingerprint density at radius 3 is 2.71 bits per heavy atom. The van der Waals surface area contributed by atoms with Gasteiger partial charge in [-0.15, -0.1) is 0 Å². The van der Waals surface area contributed by atoms with E-state index in [1.54, 1.807) is 6.07 Å². The zero-order valence-corrected chi connectivity index (χ0v) is 13.3. The van der Waals surface area contributed by atoms with E-state index in [1.807, 2.05) is 31.1 Å². The van der Waals surface area contributed by atoms with Crippen molar-refractivity contribution in [3.8, 4) is 0 Å². The van der Waals surface area contributed by atoms with Crippen LogP contribution in [0.1, 0.15) is 37.0 Å². The van der Waals surface area contributed by atoms with Crippen LogP contribution in [-0.2, 0) is 4.74 Å². The van der Waals surface area contributed by atoms with Gasteiger partial charge in [0.1, 0.15) is 0 Å². The standard InChI is InChI=1S/C16H25N3O2/c1-16(2)10-12(7-8-21-16)18-15(20)11-5-6-14(19(3)4)13(17)9-11/h5-6,9,12H,7-8,10,17H2,1-4H3,(H,18,20). The predicted octanol–water partition coefficient (Wildman–Crippen LogP) is 2.02. The topological polar surface area (TPSA) is 67.6 Å². The lowest BCUT2D eigenvalue weighted by Crippen LogP contribution is -2.45. The minimum atomic E-state index is -0.177. The molecule has 1 heterocycles. The van der Waals surface area contributed by atoms with E-state index >= 15 is 0 Å².